The molecule has 1 aromatic heterocycles. The predicted molar refractivity (Wildman–Crippen MR) is 63.6 cm³/mol. The molecule has 0 atom stereocenters. The van der Waals surface area contributed by atoms with Crippen molar-refractivity contribution in [3.8, 4) is 11.6 Å². The fourth-order valence-electron chi connectivity index (χ4n) is 1.48. The minimum Gasteiger partial charge on any atom is -0.436 e. The van der Waals surface area contributed by atoms with Crippen molar-refractivity contribution in [2.24, 2.45) is 5.73 Å². The maximum absolute atomic E-state index is 13.6. The van der Waals surface area contributed by atoms with E-state index in [1.807, 2.05) is 0 Å². The second kappa shape index (κ2) is 5.46. The molecule has 3 nitrogen and oxygen atoms in total. The summed E-state index contributed by atoms with van der Waals surface area (Å²) in [5, 5.41) is 0. The largest absolute Gasteiger partial charge is 0.436 e. The molecule has 20 heavy (non-hydrogen) atoms. The fourth-order valence-corrected chi connectivity index (χ4v) is 1.48. The topological polar surface area (TPSA) is 48.1 Å². The first-order valence-electron chi connectivity index (χ1n) is 5.60. The lowest BCUT2D eigenvalue weighted by atomic mass is 10.2. The molecule has 2 rings (SSSR count). The van der Waals surface area contributed by atoms with Gasteiger partial charge in [-0.05, 0) is 23.8 Å². The van der Waals surface area contributed by atoms with Gasteiger partial charge in [0.2, 0.25) is 5.88 Å². The summed E-state index contributed by atoms with van der Waals surface area (Å²) in [6.45, 7) is 0.176. The normalized spacial score (nSPS) is 11.4. The number of benzene rings is 1. The third kappa shape index (κ3) is 3.24. The molecule has 7 heteroatoms. The predicted octanol–water partition coefficient (Wildman–Crippen LogP) is 3.49. The van der Waals surface area contributed by atoms with Gasteiger partial charge >= 0.3 is 6.18 Å². The standard InChI is InChI=1S/C13H10F4N2O/c14-10-5-8(6-18)1-3-11(10)20-12-4-2-9(7-19-12)13(15,16)17/h1-5,7H,6,18H2. The highest BCUT2D eigenvalue weighted by Gasteiger charge is 2.30. The first-order chi connectivity index (χ1) is 9.40. The van der Waals surface area contributed by atoms with Crippen molar-refractivity contribution < 1.29 is 22.3 Å². The third-order valence-electron chi connectivity index (χ3n) is 2.51. The van der Waals surface area contributed by atoms with Gasteiger partial charge in [-0.2, -0.15) is 13.2 Å². The number of rotatable bonds is 3. The SMILES string of the molecule is NCc1ccc(Oc2ccc(C(F)(F)F)cn2)c(F)c1. The highest BCUT2D eigenvalue weighted by molar-refractivity contribution is 5.32. The molecule has 0 saturated heterocycles. The average Bonchev–Trinajstić information content (AvgIpc) is 2.40. The van der Waals surface area contributed by atoms with Crippen LogP contribution in [0.1, 0.15) is 11.1 Å². The molecule has 1 heterocycles. The number of aromatic nitrogens is 1. The molecule has 2 N–H and O–H groups in total. The first-order valence-corrected chi connectivity index (χ1v) is 5.60. The summed E-state index contributed by atoms with van der Waals surface area (Å²) in [6, 6.07) is 5.94. The number of nitrogens with zero attached hydrogens (tertiary/aromatic N) is 1. The maximum atomic E-state index is 13.6. The summed E-state index contributed by atoms with van der Waals surface area (Å²) in [5.74, 6) is -0.915. The van der Waals surface area contributed by atoms with Crippen molar-refractivity contribution in [1.82, 2.24) is 4.98 Å². The molecule has 0 saturated carbocycles. The molecule has 2 aromatic rings. The maximum Gasteiger partial charge on any atom is 0.417 e. The first kappa shape index (κ1) is 14.3. The number of ether oxygens (including phenoxy) is 1. The molecule has 1 aromatic carbocycles. The fraction of sp³-hybridized carbons (Fsp3) is 0.154. The lowest BCUT2D eigenvalue weighted by Crippen LogP contribution is -2.05. The van der Waals surface area contributed by atoms with Gasteiger partial charge in [0.25, 0.3) is 0 Å². The van der Waals surface area contributed by atoms with Gasteiger partial charge in [0, 0.05) is 18.8 Å². The van der Waals surface area contributed by atoms with E-state index in [1.54, 1.807) is 6.07 Å². The molecule has 0 aliphatic rings. The van der Waals surface area contributed by atoms with Crippen LogP contribution in [0.15, 0.2) is 36.5 Å². The number of nitrogens with two attached hydrogens (primary N) is 1. The van der Waals surface area contributed by atoms with Crippen LogP contribution >= 0.6 is 0 Å². The van der Waals surface area contributed by atoms with Crippen LogP contribution in [0.5, 0.6) is 11.6 Å². The van der Waals surface area contributed by atoms with Crippen molar-refractivity contribution >= 4 is 0 Å². The van der Waals surface area contributed by atoms with Crippen molar-refractivity contribution in [3.05, 3.63) is 53.5 Å². The molecule has 106 valence electrons. The summed E-state index contributed by atoms with van der Waals surface area (Å²) in [7, 11) is 0. The Morgan fingerprint density at radius 1 is 1.15 bits per heavy atom. The average molecular weight is 286 g/mol. The molecular formula is C13H10F4N2O. The molecule has 0 unspecified atom stereocenters. The summed E-state index contributed by atoms with van der Waals surface area (Å²) in [6.07, 6.45) is -3.85. The van der Waals surface area contributed by atoms with E-state index in [2.05, 4.69) is 4.98 Å². The Bertz CT molecular complexity index is 596. The Balaban J connectivity index is 2.18. The third-order valence-corrected chi connectivity index (χ3v) is 2.51. The highest BCUT2D eigenvalue weighted by Crippen LogP contribution is 2.30. The molecule has 0 spiro atoms. The zero-order valence-electron chi connectivity index (χ0n) is 10.1. The van der Waals surface area contributed by atoms with E-state index < -0.39 is 17.6 Å². The van der Waals surface area contributed by atoms with E-state index in [0.29, 0.717) is 11.8 Å². The number of alkyl halides is 3. The van der Waals surface area contributed by atoms with E-state index in [4.69, 9.17) is 10.5 Å². The van der Waals surface area contributed by atoms with Crippen LogP contribution in [-0.4, -0.2) is 4.98 Å². The Morgan fingerprint density at radius 3 is 2.40 bits per heavy atom. The minimum atomic E-state index is -4.47. The molecule has 0 fully saturated rings. The van der Waals surface area contributed by atoms with Crippen LogP contribution in [0.4, 0.5) is 17.6 Å². The second-order valence-electron chi connectivity index (χ2n) is 3.95. The van der Waals surface area contributed by atoms with E-state index in [0.717, 1.165) is 12.1 Å². The van der Waals surface area contributed by atoms with Crippen LogP contribution in [-0.2, 0) is 12.7 Å². The molecule has 0 aliphatic heterocycles. The highest BCUT2D eigenvalue weighted by atomic mass is 19.4. The van der Waals surface area contributed by atoms with E-state index in [1.165, 1.54) is 12.1 Å². The minimum absolute atomic E-state index is 0.127. The van der Waals surface area contributed by atoms with Crippen LogP contribution in [0.3, 0.4) is 0 Å². The van der Waals surface area contributed by atoms with Gasteiger partial charge in [-0.1, -0.05) is 6.07 Å². The Morgan fingerprint density at radius 2 is 1.90 bits per heavy atom. The Kier molecular flexibility index (Phi) is 3.89. The van der Waals surface area contributed by atoms with Gasteiger partial charge in [-0.15, -0.1) is 0 Å². The van der Waals surface area contributed by atoms with Crippen molar-refractivity contribution in [2.45, 2.75) is 12.7 Å². The van der Waals surface area contributed by atoms with Gasteiger partial charge in [0.15, 0.2) is 11.6 Å². The van der Waals surface area contributed by atoms with Gasteiger partial charge in [0.1, 0.15) is 0 Å². The molecule has 0 bridgehead atoms. The van der Waals surface area contributed by atoms with Crippen LogP contribution < -0.4 is 10.5 Å². The van der Waals surface area contributed by atoms with E-state index in [9.17, 15) is 17.6 Å². The second-order valence-corrected chi connectivity index (χ2v) is 3.95. The number of hydrogen-bond donors (Lipinski definition) is 1. The van der Waals surface area contributed by atoms with Crippen molar-refractivity contribution in [3.63, 3.8) is 0 Å². The molecule has 0 aliphatic carbocycles. The Hall–Kier alpha value is -2.15. The molecular weight excluding hydrogens is 276 g/mol. The lowest BCUT2D eigenvalue weighted by molar-refractivity contribution is -0.137. The van der Waals surface area contributed by atoms with E-state index >= 15 is 0 Å². The lowest BCUT2D eigenvalue weighted by Gasteiger charge is -2.09. The molecule has 0 amide bonds. The summed E-state index contributed by atoms with van der Waals surface area (Å²) in [5.41, 5.74) is 5.03. The molecule has 0 radical (unpaired) electrons. The summed E-state index contributed by atoms with van der Waals surface area (Å²) in [4.78, 5) is 3.49. The quantitative estimate of drug-likeness (QED) is 0.879. The van der Waals surface area contributed by atoms with Crippen LogP contribution in [0, 0.1) is 5.82 Å². The van der Waals surface area contributed by atoms with Crippen molar-refractivity contribution in [2.75, 3.05) is 0 Å². The summed E-state index contributed by atoms with van der Waals surface area (Å²) >= 11 is 0. The van der Waals surface area contributed by atoms with Gasteiger partial charge in [-0.3, -0.25) is 0 Å². The summed E-state index contributed by atoms with van der Waals surface area (Å²) < 4.78 is 55.7. The zero-order chi connectivity index (χ0) is 14.8. The van der Waals surface area contributed by atoms with Crippen LogP contribution in [0.25, 0.3) is 0 Å². The number of hydrogen-bond acceptors (Lipinski definition) is 3. The van der Waals surface area contributed by atoms with Crippen molar-refractivity contribution in [1.29, 1.82) is 0 Å². The number of pyridine rings is 1. The van der Waals surface area contributed by atoms with Crippen LogP contribution in [0.2, 0.25) is 0 Å². The van der Waals surface area contributed by atoms with Gasteiger partial charge in [-0.25, -0.2) is 9.37 Å². The zero-order valence-corrected chi connectivity index (χ0v) is 10.1. The van der Waals surface area contributed by atoms with Gasteiger partial charge < -0.3 is 10.5 Å². The smallest absolute Gasteiger partial charge is 0.417 e. The Labute approximate surface area is 112 Å². The number of halogens is 4. The van der Waals surface area contributed by atoms with E-state index in [-0.39, 0.29) is 18.2 Å². The van der Waals surface area contributed by atoms with Gasteiger partial charge in [0.05, 0.1) is 5.56 Å². The monoisotopic (exact) mass is 286 g/mol.